The Kier molecular flexibility index (Phi) is 4.84. The van der Waals surface area contributed by atoms with E-state index in [1.165, 1.54) is 35.0 Å². The van der Waals surface area contributed by atoms with Gasteiger partial charge in [0, 0.05) is 37.6 Å². The summed E-state index contributed by atoms with van der Waals surface area (Å²) in [4.78, 5) is 35.1. The van der Waals surface area contributed by atoms with E-state index in [2.05, 4.69) is 9.97 Å². The van der Waals surface area contributed by atoms with E-state index in [-0.39, 0.29) is 29.3 Å². The molecular weight excluding hydrogens is 373 g/mol. The smallest absolute Gasteiger partial charge is 0.255 e. The van der Waals surface area contributed by atoms with Crippen LogP contribution in [0.15, 0.2) is 53.6 Å². The summed E-state index contributed by atoms with van der Waals surface area (Å²) in [6, 6.07) is 8.68. The number of aromatic nitrogens is 3. The lowest BCUT2D eigenvalue weighted by atomic mass is 9.99. The Balaban J connectivity index is 1.74. The molecule has 0 aliphatic carbocycles. The molecular formula is C21H20FN5O2. The standard InChI is InChI=1S/C21H20FN5O2/c1-26-12-14(6-9-18(26)28)20(29)27-10-2-3-17(27)19-16(11-24-21(23)25-19)13-4-7-15(22)8-5-13/h4-9,11-12,17H,2-3,10H2,1H3,(H2,23,24,25)/t17-/m1/s1. The summed E-state index contributed by atoms with van der Waals surface area (Å²) in [6.07, 6.45) is 4.68. The first-order chi connectivity index (χ1) is 13.9. The molecule has 3 aromatic rings. The number of halogens is 1. The Labute approximate surface area is 166 Å². The number of hydrogen-bond acceptors (Lipinski definition) is 5. The summed E-state index contributed by atoms with van der Waals surface area (Å²) < 4.78 is 14.7. The Morgan fingerprint density at radius 2 is 1.97 bits per heavy atom. The zero-order valence-corrected chi connectivity index (χ0v) is 15.9. The topological polar surface area (TPSA) is 94.1 Å². The molecule has 0 radical (unpaired) electrons. The molecule has 0 bridgehead atoms. The van der Waals surface area contributed by atoms with E-state index in [1.807, 2.05) is 0 Å². The van der Waals surface area contributed by atoms with E-state index < -0.39 is 0 Å². The number of rotatable bonds is 3. The molecule has 1 atom stereocenters. The zero-order chi connectivity index (χ0) is 20.5. The van der Waals surface area contributed by atoms with Crippen LogP contribution >= 0.6 is 0 Å². The molecule has 0 unspecified atom stereocenters. The van der Waals surface area contributed by atoms with Crippen LogP contribution in [0.3, 0.4) is 0 Å². The number of anilines is 1. The van der Waals surface area contributed by atoms with Crippen molar-refractivity contribution in [1.29, 1.82) is 0 Å². The summed E-state index contributed by atoms with van der Waals surface area (Å²) in [5, 5.41) is 0. The largest absolute Gasteiger partial charge is 0.368 e. The van der Waals surface area contributed by atoms with Crippen molar-refractivity contribution in [3.8, 4) is 11.1 Å². The first-order valence-corrected chi connectivity index (χ1v) is 9.30. The Morgan fingerprint density at radius 1 is 1.21 bits per heavy atom. The van der Waals surface area contributed by atoms with Gasteiger partial charge in [0.25, 0.3) is 5.91 Å². The predicted octanol–water partition coefficient (Wildman–Crippen LogP) is 2.54. The third-order valence-corrected chi connectivity index (χ3v) is 5.15. The fourth-order valence-corrected chi connectivity index (χ4v) is 3.70. The van der Waals surface area contributed by atoms with Gasteiger partial charge in [0.1, 0.15) is 5.82 Å². The highest BCUT2D eigenvalue weighted by molar-refractivity contribution is 5.94. The van der Waals surface area contributed by atoms with E-state index in [9.17, 15) is 14.0 Å². The summed E-state index contributed by atoms with van der Waals surface area (Å²) in [5.41, 5.74) is 8.20. The van der Waals surface area contributed by atoms with E-state index in [1.54, 1.807) is 30.3 Å². The van der Waals surface area contributed by atoms with Crippen LogP contribution in [-0.2, 0) is 7.05 Å². The van der Waals surface area contributed by atoms with Gasteiger partial charge in [-0.2, -0.15) is 0 Å². The molecule has 0 saturated carbocycles. The van der Waals surface area contributed by atoms with E-state index in [0.717, 1.165) is 18.4 Å². The molecule has 8 heteroatoms. The molecule has 4 rings (SSSR count). The number of nitrogens with two attached hydrogens (primary N) is 1. The molecule has 1 aliphatic heterocycles. The molecule has 1 aliphatic rings. The number of carbonyl (C=O) groups is 1. The number of likely N-dealkylation sites (tertiary alicyclic amines) is 1. The van der Waals surface area contributed by atoms with Crippen LogP contribution in [0.5, 0.6) is 0 Å². The van der Waals surface area contributed by atoms with Crippen LogP contribution in [0.25, 0.3) is 11.1 Å². The quantitative estimate of drug-likeness (QED) is 0.738. The van der Waals surface area contributed by atoms with Gasteiger partial charge in [-0.05, 0) is 36.6 Å². The number of nitrogen functional groups attached to an aromatic ring is 1. The maximum Gasteiger partial charge on any atom is 0.255 e. The second-order valence-electron chi connectivity index (χ2n) is 7.06. The van der Waals surface area contributed by atoms with Crippen molar-refractivity contribution in [3.05, 3.63) is 76.2 Å². The van der Waals surface area contributed by atoms with Gasteiger partial charge in [0.15, 0.2) is 0 Å². The minimum Gasteiger partial charge on any atom is -0.368 e. The molecule has 1 saturated heterocycles. The van der Waals surface area contributed by atoms with E-state index in [0.29, 0.717) is 23.4 Å². The van der Waals surface area contributed by atoms with Crippen LogP contribution in [-0.4, -0.2) is 31.9 Å². The highest BCUT2D eigenvalue weighted by Gasteiger charge is 2.33. The van der Waals surface area contributed by atoms with Crippen LogP contribution < -0.4 is 11.3 Å². The second kappa shape index (κ2) is 7.46. The SMILES string of the molecule is Cn1cc(C(=O)N2CCC[C@@H]2c2nc(N)ncc2-c2ccc(F)cc2)ccc1=O. The van der Waals surface area contributed by atoms with E-state index >= 15 is 0 Å². The number of hydrogen-bond donors (Lipinski definition) is 1. The van der Waals surface area contributed by atoms with Gasteiger partial charge in [-0.25, -0.2) is 14.4 Å². The number of benzene rings is 1. The minimum atomic E-state index is -0.334. The van der Waals surface area contributed by atoms with Gasteiger partial charge in [0.05, 0.1) is 17.3 Å². The van der Waals surface area contributed by atoms with Gasteiger partial charge in [-0.15, -0.1) is 0 Å². The zero-order valence-electron chi connectivity index (χ0n) is 15.9. The molecule has 29 heavy (non-hydrogen) atoms. The van der Waals surface area contributed by atoms with Crippen molar-refractivity contribution < 1.29 is 9.18 Å². The molecule has 2 N–H and O–H groups in total. The maximum atomic E-state index is 13.4. The normalized spacial score (nSPS) is 16.2. The Morgan fingerprint density at radius 3 is 2.69 bits per heavy atom. The lowest BCUT2D eigenvalue weighted by molar-refractivity contribution is 0.0732. The average Bonchev–Trinajstić information content (AvgIpc) is 3.20. The van der Waals surface area contributed by atoms with Gasteiger partial charge < -0.3 is 15.2 Å². The van der Waals surface area contributed by atoms with Crippen molar-refractivity contribution in [3.63, 3.8) is 0 Å². The number of amides is 1. The predicted molar refractivity (Wildman–Crippen MR) is 107 cm³/mol. The van der Waals surface area contributed by atoms with Crippen molar-refractivity contribution in [2.45, 2.75) is 18.9 Å². The summed E-state index contributed by atoms with van der Waals surface area (Å²) in [7, 11) is 1.61. The molecule has 1 aromatic carbocycles. The number of nitrogens with zero attached hydrogens (tertiary/aromatic N) is 4. The monoisotopic (exact) mass is 393 g/mol. The lowest BCUT2D eigenvalue weighted by Gasteiger charge is -2.26. The van der Waals surface area contributed by atoms with Crippen LogP contribution in [0.2, 0.25) is 0 Å². The molecule has 148 valence electrons. The second-order valence-corrected chi connectivity index (χ2v) is 7.06. The fourth-order valence-electron chi connectivity index (χ4n) is 3.70. The molecule has 0 spiro atoms. The van der Waals surface area contributed by atoms with Crippen LogP contribution in [0.1, 0.15) is 34.9 Å². The van der Waals surface area contributed by atoms with Crippen LogP contribution in [0, 0.1) is 5.82 Å². The summed E-state index contributed by atoms with van der Waals surface area (Å²) in [5.74, 6) is -0.392. The number of aryl methyl sites for hydroxylation is 1. The number of pyridine rings is 1. The minimum absolute atomic E-state index is 0.118. The summed E-state index contributed by atoms with van der Waals surface area (Å²) in [6.45, 7) is 0.569. The molecule has 1 fully saturated rings. The lowest BCUT2D eigenvalue weighted by Crippen LogP contribution is -2.32. The number of carbonyl (C=O) groups excluding carboxylic acids is 1. The Hall–Kier alpha value is -3.55. The first kappa shape index (κ1) is 18.8. The molecule has 2 aromatic heterocycles. The average molecular weight is 393 g/mol. The van der Waals surface area contributed by atoms with Gasteiger partial charge in [-0.3, -0.25) is 9.59 Å². The van der Waals surface area contributed by atoms with Gasteiger partial charge in [0.2, 0.25) is 11.5 Å². The first-order valence-electron chi connectivity index (χ1n) is 9.30. The van der Waals surface area contributed by atoms with Crippen molar-refractivity contribution >= 4 is 11.9 Å². The van der Waals surface area contributed by atoms with Gasteiger partial charge >= 0.3 is 0 Å². The van der Waals surface area contributed by atoms with Crippen LogP contribution in [0.4, 0.5) is 10.3 Å². The third-order valence-electron chi connectivity index (χ3n) is 5.15. The van der Waals surface area contributed by atoms with Crippen molar-refractivity contribution in [1.82, 2.24) is 19.4 Å². The molecule has 1 amide bonds. The Bertz CT molecular complexity index is 1130. The maximum absolute atomic E-state index is 13.4. The summed E-state index contributed by atoms with van der Waals surface area (Å²) >= 11 is 0. The fraction of sp³-hybridized carbons (Fsp3) is 0.238. The molecule has 7 nitrogen and oxygen atoms in total. The van der Waals surface area contributed by atoms with E-state index in [4.69, 9.17) is 5.73 Å². The third kappa shape index (κ3) is 3.61. The highest BCUT2D eigenvalue weighted by atomic mass is 19.1. The van der Waals surface area contributed by atoms with Crippen molar-refractivity contribution in [2.75, 3.05) is 12.3 Å². The van der Waals surface area contributed by atoms with Gasteiger partial charge in [-0.1, -0.05) is 12.1 Å². The van der Waals surface area contributed by atoms with Crippen molar-refractivity contribution in [2.24, 2.45) is 7.05 Å². The highest BCUT2D eigenvalue weighted by Crippen LogP contribution is 2.37. The molecule has 3 heterocycles.